The lowest BCUT2D eigenvalue weighted by Gasteiger charge is -2.35. The summed E-state index contributed by atoms with van der Waals surface area (Å²) in [6.07, 6.45) is 0. The summed E-state index contributed by atoms with van der Waals surface area (Å²) < 4.78 is 5.77. The van der Waals surface area contributed by atoms with E-state index in [4.69, 9.17) is 4.74 Å². The number of likely N-dealkylation sites (N-methyl/N-ethyl adjacent to an activating group) is 1. The molecule has 154 valence electrons. The van der Waals surface area contributed by atoms with E-state index in [0.717, 1.165) is 27.9 Å². The lowest BCUT2D eigenvalue weighted by molar-refractivity contribution is -0.141. The second-order valence-electron chi connectivity index (χ2n) is 8.69. The zero-order chi connectivity index (χ0) is 21.3. The number of benzene rings is 3. The quantitative estimate of drug-likeness (QED) is 0.489. The molecule has 5 heteroatoms. The van der Waals surface area contributed by atoms with Gasteiger partial charge in [0.15, 0.2) is 0 Å². The fourth-order valence-electron chi connectivity index (χ4n) is 5.73. The van der Waals surface area contributed by atoms with Gasteiger partial charge in [-0.2, -0.15) is 0 Å². The number of fused-ring (bicyclic) bond motifs is 6. The normalized spacial score (nSPS) is 28.3. The molecule has 1 saturated heterocycles. The Balaban J connectivity index is 1.66. The molecule has 0 bridgehead atoms. The number of nitrogens with zero attached hydrogens (tertiary/aromatic N) is 1. The Morgan fingerprint density at radius 3 is 2.52 bits per heavy atom. The highest BCUT2D eigenvalue weighted by Gasteiger charge is 2.67. The standard InChI is InChI=1S/C26H22N2O3/c1-15-12-13-19-18(14-15)26(25(30)28(19)2)22-17-10-6-7-11-20(17)31-24(29)21(22)23(27-26)16-8-4-3-5-9-16/h3-14,21-23,27H,1-2H3/t21-,22+,23+,26-/m0/s1. The Hall–Kier alpha value is -3.44. The van der Waals surface area contributed by atoms with E-state index in [-0.39, 0.29) is 23.8 Å². The maximum atomic E-state index is 14.0. The number of para-hydroxylation sites is 1. The topological polar surface area (TPSA) is 58.6 Å². The van der Waals surface area contributed by atoms with Crippen LogP contribution in [0, 0.1) is 12.8 Å². The smallest absolute Gasteiger partial charge is 0.317 e. The summed E-state index contributed by atoms with van der Waals surface area (Å²) in [7, 11) is 1.81. The molecule has 0 aromatic heterocycles. The van der Waals surface area contributed by atoms with E-state index in [1.807, 2.05) is 80.7 Å². The molecule has 31 heavy (non-hydrogen) atoms. The molecule has 6 rings (SSSR count). The highest BCUT2D eigenvalue weighted by molar-refractivity contribution is 6.09. The first kappa shape index (κ1) is 18.3. The van der Waals surface area contributed by atoms with Crippen molar-refractivity contribution in [3.63, 3.8) is 0 Å². The Kier molecular flexibility index (Phi) is 3.72. The Morgan fingerprint density at radius 2 is 1.71 bits per heavy atom. The molecule has 0 unspecified atom stereocenters. The van der Waals surface area contributed by atoms with E-state index >= 15 is 0 Å². The van der Waals surface area contributed by atoms with E-state index in [9.17, 15) is 9.59 Å². The first-order valence-electron chi connectivity index (χ1n) is 10.5. The number of rotatable bonds is 1. The predicted molar refractivity (Wildman–Crippen MR) is 117 cm³/mol. The number of amides is 1. The van der Waals surface area contributed by atoms with Gasteiger partial charge in [0.25, 0.3) is 5.91 Å². The molecule has 3 aromatic rings. The summed E-state index contributed by atoms with van der Waals surface area (Å²) in [5, 5.41) is 3.67. The van der Waals surface area contributed by atoms with Crippen LogP contribution in [0.1, 0.15) is 34.2 Å². The zero-order valence-electron chi connectivity index (χ0n) is 17.3. The maximum Gasteiger partial charge on any atom is 0.317 e. The van der Waals surface area contributed by atoms with Crippen molar-refractivity contribution in [3.05, 3.63) is 95.1 Å². The Bertz CT molecular complexity index is 1240. The molecular weight excluding hydrogens is 388 g/mol. The summed E-state index contributed by atoms with van der Waals surface area (Å²) in [6, 6.07) is 23.2. The first-order chi connectivity index (χ1) is 15.0. The van der Waals surface area contributed by atoms with Gasteiger partial charge < -0.3 is 9.64 Å². The van der Waals surface area contributed by atoms with Crippen molar-refractivity contribution in [2.45, 2.75) is 24.4 Å². The average molecular weight is 410 g/mol. The Labute approximate surface area is 180 Å². The lowest BCUT2D eigenvalue weighted by Crippen LogP contribution is -2.50. The van der Waals surface area contributed by atoms with Crippen molar-refractivity contribution in [3.8, 4) is 5.75 Å². The van der Waals surface area contributed by atoms with Crippen LogP contribution in [0.5, 0.6) is 5.75 Å². The maximum absolute atomic E-state index is 14.0. The molecule has 3 aliphatic heterocycles. The minimum atomic E-state index is -1.03. The van der Waals surface area contributed by atoms with Crippen LogP contribution in [0.25, 0.3) is 0 Å². The molecule has 1 spiro atoms. The number of ether oxygens (including phenoxy) is 1. The van der Waals surface area contributed by atoms with Crippen molar-refractivity contribution in [1.29, 1.82) is 0 Å². The third-order valence-corrected chi connectivity index (χ3v) is 7.04. The van der Waals surface area contributed by atoms with Gasteiger partial charge in [-0.3, -0.25) is 14.9 Å². The number of esters is 1. The number of carbonyl (C=O) groups is 2. The summed E-state index contributed by atoms with van der Waals surface area (Å²) in [4.78, 5) is 29.0. The van der Waals surface area contributed by atoms with E-state index in [1.165, 1.54) is 0 Å². The van der Waals surface area contributed by atoms with Crippen LogP contribution in [0.2, 0.25) is 0 Å². The summed E-state index contributed by atoms with van der Waals surface area (Å²) in [5.41, 5.74) is 3.73. The molecule has 1 amide bonds. The minimum absolute atomic E-state index is 0.0361. The van der Waals surface area contributed by atoms with Gasteiger partial charge in [-0.15, -0.1) is 0 Å². The average Bonchev–Trinajstić information content (AvgIpc) is 3.25. The van der Waals surface area contributed by atoms with Gasteiger partial charge in [0.1, 0.15) is 11.3 Å². The second-order valence-corrected chi connectivity index (χ2v) is 8.69. The molecule has 3 heterocycles. The molecule has 1 fully saturated rings. The first-order valence-corrected chi connectivity index (χ1v) is 10.5. The van der Waals surface area contributed by atoms with Crippen LogP contribution in [0.4, 0.5) is 5.69 Å². The highest BCUT2D eigenvalue weighted by atomic mass is 16.5. The monoisotopic (exact) mass is 410 g/mol. The van der Waals surface area contributed by atoms with Crippen molar-refractivity contribution >= 4 is 17.6 Å². The van der Waals surface area contributed by atoms with E-state index < -0.39 is 11.5 Å². The van der Waals surface area contributed by atoms with Crippen molar-refractivity contribution < 1.29 is 14.3 Å². The summed E-state index contributed by atoms with van der Waals surface area (Å²) in [5.74, 6) is -0.668. The van der Waals surface area contributed by atoms with Crippen molar-refractivity contribution in [2.24, 2.45) is 5.92 Å². The number of anilines is 1. The fourth-order valence-corrected chi connectivity index (χ4v) is 5.73. The molecule has 0 radical (unpaired) electrons. The van der Waals surface area contributed by atoms with Gasteiger partial charge in [0.05, 0.1) is 5.92 Å². The van der Waals surface area contributed by atoms with E-state index in [0.29, 0.717) is 5.75 Å². The summed E-state index contributed by atoms with van der Waals surface area (Å²) >= 11 is 0. The predicted octanol–water partition coefficient (Wildman–Crippen LogP) is 3.83. The molecular formula is C26H22N2O3. The van der Waals surface area contributed by atoms with E-state index in [1.54, 1.807) is 4.90 Å². The zero-order valence-corrected chi connectivity index (χ0v) is 17.3. The van der Waals surface area contributed by atoms with Crippen molar-refractivity contribution in [1.82, 2.24) is 5.32 Å². The van der Waals surface area contributed by atoms with E-state index in [2.05, 4.69) is 11.4 Å². The molecule has 5 nitrogen and oxygen atoms in total. The lowest BCUT2D eigenvalue weighted by atomic mass is 9.70. The van der Waals surface area contributed by atoms with Gasteiger partial charge >= 0.3 is 5.97 Å². The van der Waals surface area contributed by atoms with Crippen LogP contribution >= 0.6 is 0 Å². The largest absolute Gasteiger partial charge is 0.426 e. The number of carbonyl (C=O) groups excluding carboxylic acids is 2. The van der Waals surface area contributed by atoms with Crippen LogP contribution < -0.4 is 15.0 Å². The van der Waals surface area contributed by atoms with Crippen LogP contribution in [-0.2, 0) is 15.1 Å². The summed E-state index contributed by atoms with van der Waals surface area (Å²) in [6.45, 7) is 2.03. The third-order valence-electron chi connectivity index (χ3n) is 7.04. The fraction of sp³-hybridized carbons (Fsp3) is 0.231. The van der Waals surface area contributed by atoms with Gasteiger partial charge in [0, 0.05) is 35.8 Å². The SMILES string of the molecule is Cc1ccc2c(c1)[C@@]1(N[C@H](c3ccccc3)[C@H]3C(=O)Oc4ccccc4[C@H]31)C(=O)N2C. The number of hydrogen-bond acceptors (Lipinski definition) is 4. The van der Waals surface area contributed by atoms with Gasteiger partial charge in [-0.25, -0.2) is 0 Å². The van der Waals surface area contributed by atoms with Gasteiger partial charge in [-0.1, -0.05) is 66.2 Å². The molecule has 4 atom stereocenters. The number of hydrogen-bond donors (Lipinski definition) is 1. The Morgan fingerprint density at radius 1 is 0.968 bits per heavy atom. The van der Waals surface area contributed by atoms with Crippen LogP contribution in [0.3, 0.4) is 0 Å². The van der Waals surface area contributed by atoms with Crippen LogP contribution in [0.15, 0.2) is 72.8 Å². The van der Waals surface area contributed by atoms with Gasteiger partial charge in [-0.05, 0) is 24.6 Å². The number of nitrogens with one attached hydrogen (secondary N) is 1. The van der Waals surface area contributed by atoms with Crippen LogP contribution in [-0.4, -0.2) is 18.9 Å². The van der Waals surface area contributed by atoms with Crippen molar-refractivity contribution in [2.75, 3.05) is 11.9 Å². The highest BCUT2D eigenvalue weighted by Crippen LogP contribution is 2.61. The molecule has 0 saturated carbocycles. The third kappa shape index (κ3) is 2.29. The minimum Gasteiger partial charge on any atom is -0.426 e. The molecule has 3 aromatic carbocycles. The number of aryl methyl sites for hydroxylation is 1. The molecule has 3 aliphatic rings. The molecule has 1 N–H and O–H groups in total. The van der Waals surface area contributed by atoms with Gasteiger partial charge in [0.2, 0.25) is 0 Å². The molecule has 0 aliphatic carbocycles. The second kappa shape index (κ2) is 6.28.